The van der Waals surface area contributed by atoms with Crippen LogP contribution in [0, 0.1) is 5.41 Å². The number of aromatic amines is 2. The van der Waals surface area contributed by atoms with E-state index in [0.717, 1.165) is 62.4 Å². The number of aromatic nitrogens is 7. The van der Waals surface area contributed by atoms with Gasteiger partial charge in [-0.05, 0) is 48.2 Å². The molecule has 6 aromatic rings. The van der Waals surface area contributed by atoms with E-state index < -0.39 is 0 Å². The first-order valence-corrected chi connectivity index (χ1v) is 12.5. The molecule has 0 spiro atoms. The number of para-hydroxylation sites is 1. The van der Waals surface area contributed by atoms with Crippen LogP contribution in [0.15, 0.2) is 85.5 Å². The molecule has 0 aliphatic carbocycles. The van der Waals surface area contributed by atoms with Crippen LogP contribution in [-0.4, -0.2) is 35.1 Å². The summed E-state index contributed by atoms with van der Waals surface area (Å²) in [4.78, 5) is 22.2. The summed E-state index contributed by atoms with van der Waals surface area (Å²) in [6.07, 6.45) is 6.26. The zero-order valence-electron chi connectivity index (χ0n) is 21.6. The SMILES string of the molecule is C=C(CC(C)(C)C)Nc1cncc(-c2ccc3[nH]nc(-c4nc5c(-c6ccccn6)cccc5[nH]4)c3n2)c1. The number of fused-ring (bicyclic) bond motifs is 2. The fourth-order valence-corrected chi connectivity index (χ4v) is 4.63. The predicted molar refractivity (Wildman–Crippen MR) is 152 cm³/mol. The molecule has 0 aliphatic rings. The average molecular weight is 501 g/mol. The van der Waals surface area contributed by atoms with Crippen molar-refractivity contribution in [3.8, 4) is 34.0 Å². The van der Waals surface area contributed by atoms with Gasteiger partial charge in [0, 0.05) is 29.2 Å². The number of anilines is 1. The molecule has 5 heterocycles. The lowest BCUT2D eigenvalue weighted by Crippen LogP contribution is -2.10. The van der Waals surface area contributed by atoms with Crippen LogP contribution >= 0.6 is 0 Å². The first kappa shape index (κ1) is 23.5. The molecule has 0 bridgehead atoms. The third kappa shape index (κ3) is 4.64. The number of pyridine rings is 3. The van der Waals surface area contributed by atoms with Gasteiger partial charge in [0.25, 0.3) is 0 Å². The Labute approximate surface area is 220 Å². The number of H-pyrrole nitrogens is 2. The van der Waals surface area contributed by atoms with Gasteiger partial charge in [-0.1, -0.05) is 45.5 Å². The lowest BCUT2D eigenvalue weighted by Gasteiger charge is -2.20. The van der Waals surface area contributed by atoms with Crippen LogP contribution in [0.25, 0.3) is 56.1 Å². The highest BCUT2D eigenvalue weighted by Crippen LogP contribution is 2.32. The maximum Gasteiger partial charge on any atom is 0.161 e. The van der Waals surface area contributed by atoms with Crippen molar-refractivity contribution in [1.29, 1.82) is 0 Å². The van der Waals surface area contributed by atoms with Crippen molar-refractivity contribution >= 4 is 27.8 Å². The molecule has 8 heteroatoms. The van der Waals surface area contributed by atoms with Gasteiger partial charge in [0.05, 0.1) is 39.8 Å². The first-order chi connectivity index (χ1) is 18.3. The summed E-state index contributed by atoms with van der Waals surface area (Å²) in [7, 11) is 0. The van der Waals surface area contributed by atoms with Gasteiger partial charge in [-0.2, -0.15) is 5.10 Å². The molecule has 5 aromatic heterocycles. The number of benzene rings is 1. The van der Waals surface area contributed by atoms with Crippen LogP contribution < -0.4 is 5.32 Å². The summed E-state index contributed by atoms with van der Waals surface area (Å²) in [6, 6.07) is 17.9. The Balaban J connectivity index is 1.36. The molecule has 0 amide bonds. The van der Waals surface area contributed by atoms with E-state index in [1.807, 2.05) is 60.8 Å². The minimum Gasteiger partial charge on any atom is -0.358 e. The van der Waals surface area contributed by atoms with Crippen molar-refractivity contribution < 1.29 is 0 Å². The molecule has 3 N–H and O–H groups in total. The molecule has 0 unspecified atom stereocenters. The Hall–Kier alpha value is -4.85. The molecule has 188 valence electrons. The van der Waals surface area contributed by atoms with Crippen LogP contribution in [0.1, 0.15) is 27.2 Å². The van der Waals surface area contributed by atoms with Crippen LogP contribution in [0.5, 0.6) is 0 Å². The van der Waals surface area contributed by atoms with E-state index in [1.54, 1.807) is 12.4 Å². The molecule has 8 nitrogen and oxygen atoms in total. The molecule has 6 rings (SSSR count). The Morgan fingerprint density at radius 3 is 2.63 bits per heavy atom. The van der Waals surface area contributed by atoms with Crippen molar-refractivity contribution in [1.82, 2.24) is 35.1 Å². The normalized spacial score (nSPS) is 11.8. The van der Waals surface area contributed by atoms with E-state index in [4.69, 9.17) is 9.97 Å². The number of nitrogens with zero attached hydrogens (tertiary/aromatic N) is 5. The molecule has 38 heavy (non-hydrogen) atoms. The van der Waals surface area contributed by atoms with Gasteiger partial charge in [-0.15, -0.1) is 0 Å². The third-order valence-corrected chi connectivity index (χ3v) is 6.18. The summed E-state index contributed by atoms with van der Waals surface area (Å²) >= 11 is 0. The van der Waals surface area contributed by atoms with Gasteiger partial charge in [-0.25, -0.2) is 9.97 Å². The highest BCUT2D eigenvalue weighted by molar-refractivity contribution is 5.95. The van der Waals surface area contributed by atoms with Crippen LogP contribution in [0.3, 0.4) is 0 Å². The van der Waals surface area contributed by atoms with Gasteiger partial charge < -0.3 is 10.3 Å². The number of hydrogen-bond donors (Lipinski definition) is 3. The smallest absolute Gasteiger partial charge is 0.161 e. The van der Waals surface area contributed by atoms with E-state index >= 15 is 0 Å². The fourth-order valence-electron chi connectivity index (χ4n) is 4.63. The Morgan fingerprint density at radius 2 is 1.82 bits per heavy atom. The van der Waals surface area contributed by atoms with E-state index in [1.165, 1.54) is 0 Å². The lowest BCUT2D eigenvalue weighted by molar-refractivity contribution is 0.411. The number of imidazole rings is 1. The molecular formula is C30H28N8. The van der Waals surface area contributed by atoms with Gasteiger partial charge in [0.2, 0.25) is 0 Å². The highest BCUT2D eigenvalue weighted by atomic mass is 15.1. The summed E-state index contributed by atoms with van der Waals surface area (Å²) < 4.78 is 0. The van der Waals surface area contributed by atoms with Crippen LogP contribution in [0.2, 0.25) is 0 Å². The first-order valence-electron chi connectivity index (χ1n) is 12.5. The van der Waals surface area contributed by atoms with Crippen molar-refractivity contribution in [3.05, 3.63) is 85.5 Å². The zero-order valence-corrected chi connectivity index (χ0v) is 21.6. The molecular weight excluding hydrogens is 472 g/mol. The van der Waals surface area contributed by atoms with Crippen LogP contribution in [-0.2, 0) is 0 Å². The maximum absolute atomic E-state index is 4.96. The summed E-state index contributed by atoms with van der Waals surface area (Å²) in [6.45, 7) is 10.8. The van der Waals surface area contributed by atoms with Crippen molar-refractivity contribution in [3.63, 3.8) is 0 Å². The molecule has 0 radical (unpaired) electrons. The van der Waals surface area contributed by atoms with Gasteiger partial charge in [0.1, 0.15) is 5.52 Å². The summed E-state index contributed by atoms with van der Waals surface area (Å²) in [5.74, 6) is 0.645. The Kier molecular flexibility index (Phi) is 5.72. The van der Waals surface area contributed by atoms with Crippen molar-refractivity contribution in [2.24, 2.45) is 5.41 Å². The second-order valence-corrected chi connectivity index (χ2v) is 10.6. The molecule has 0 saturated heterocycles. The molecule has 1 aromatic carbocycles. The molecule has 0 atom stereocenters. The minimum atomic E-state index is 0.147. The molecule has 0 aliphatic heterocycles. The standard InChI is InChI=1S/C30H28N8/c1-18(15-30(2,3)4)33-20-14-19(16-31-17-20)22-11-12-25-27(34-22)28(38-37-25)29-35-24-10-7-8-21(26(24)36-29)23-9-5-6-13-32-23/h5-14,16-17,33H,1,15H2,2-4H3,(H,35,36)(H,37,38). The Morgan fingerprint density at radius 1 is 0.921 bits per heavy atom. The maximum atomic E-state index is 4.96. The second kappa shape index (κ2) is 9.23. The summed E-state index contributed by atoms with van der Waals surface area (Å²) in [5.41, 5.74) is 9.47. The lowest BCUT2D eigenvalue weighted by atomic mass is 9.91. The zero-order chi connectivity index (χ0) is 26.3. The summed E-state index contributed by atoms with van der Waals surface area (Å²) in [5, 5.41) is 11.0. The Bertz CT molecular complexity index is 1770. The molecule has 0 saturated carbocycles. The van der Waals surface area contributed by atoms with E-state index in [-0.39, 0.29) is 5.41 Å². The minimum absolute atomic E-state index is 0.147. The van der Waals surface area contributed by atoms with E-state index in [2.05, 4.69) is 57.8 Å². The number of allylic oxidation sites excluding steroid dienone is 1. The van der Waals surface area contributed by atoms with Crippen molar-refractivity contribution in [2.45, 2.75) is 27.2 Å². The fraction of sp³-hybridized carbons (Fsp3) is 0.167. The van der Waals surface area contributed by atoms with E-state index in [9.17, 15) is 0 Å². The third-order valence-electron chi connectivity index (χ3n) is 6.18. The topological polar surface area (TPSA) is 108 Å². The average Bonchev–Trinajstić information content (AvgIpc) is 3.51. The van der Waals surface area contributed by atoms with Crippen LogP contribution in [0.4, 0.5) is 5.69 Å². The molecule has 0 fully saturated rings. The van der Waals surface area contributed by atoms with Crippen molar-refractivity contribution in [2.75, 3.05) is 5.32 Å². The van der Waals surface area contributed by atoms with Gasteiger partial charge in [0.15, 0.2) is 11.5 Å². The second-order valence-electron chi connectivity index (χ2n) is 10.6. The quantitative estimate of drug-likeness (QED) is 0.227. The van der Waals surface area contributed by atoms with Gasteiger partial charge >= 0.3 is 0 Å². The monoisotopic (exact) mass is 500 g/mol. The van der Waals surface area contributed by atoms with Gasteiger partial charge in [-0.3, -0.25) is 15.1 Å². The van der Waals surface area contributed by atoms with E-state index in [0.29, 0.717) is 11.5 Å². The highest BCUT2D eigenvalue weighted by Gasteiger charge is 2.17. The number of rotatable bonds is 6. The number of hydrogen-bond acceptors (Lipinski definition) is 6. The number of nitrogens with one attached hydrogen (secondary N) is 3. The predicted octanol–water partition coefficient (Wildman–Crippen LogP) is 6.99. The largest absolute Gasteiger partial charge is 0.358 e.